The van der Waals surface area contributed by atoms with Crippen LogP contribution in [0.1, 0.15) is 15.9 Å². The molecule has 0 unspecified atom stereocenters. The number of nitrogens with two attached hydrogens (primary N) is 1. The lowest BCUT2D eigenvalue weighted by Crippen LogP contribution is -2.14. The fourth-order valence-electron chi connectivity index (χ4n) is 2.54. The summed E-state index contributed by atoms with van der Waals surface area (Å²) in [6, 6.07) is 12.2. The number of hydrogen-bond donors (Lipinski definition) is 4. The Morgan fingerprint density at radius 3 is 2.45 bits per heavy atom. The molecule has 2 aromatic carbocycles. The Morgan fingerprint density at radius 1 is 1.00 bits per heavy atom. The predicted octanol–water partition coefficient (Wildman–Crippen LogP) is 3.49. The van der Waals surface area contributed by atoms with E-state index in [-0.39, 0.29) is 11.8 Å². The summed E-state index contributed by atoms with van der Waals surface area (Å²) in [6.45, 7) is 5.26. The minimum Gasteiger partial charge on any atom is -0.399 e. The molecule has 0 bridgehead atoms. The summed E-state index contributed by atoms with van der Waals surface area (Å²) in [5, 5.41) is 8.46. The Morgan fingerprint density at radius 2 is 1.72 bits per heavy atom. The number of amides is 2. The van der Waals surface area contributed by atoms with Gasteiger partial charge in [-0.25, -0.2) is 9.97 Å². The number of rotatable bonds is 6. The van der Waals surface area contributed by atoms with Crippen molar-refractivity contribution in [3.63, 3.8) is 0 Å². The Balaban J connectivity index is 1.67. The zero-order valence-electron chi connectivity index (χ0n) is 15.8. The van der Waals surface area contributed by atoms with Gasteiger partial charge in [0, 0.05) is 22.6 Å². The maximum absolute atomic E-state index is 12.4. The molecular formula is C21H20N6O2. The molecule has 29 heavy (non-hydrogen) atoms. The topological polar surface area (TPSA) is 122 Å². The Hall–Kier alpha value is -4.20. The Labute approximate surface area is 167 Å². The summed E-state index contributed by atoms with van der Waals surface area (Å²) < 4.78 is 0. The van der Waals surface area contributed by atoms with E-state index < -0.39 is 0 Å². The fourth-order valence-corrected chi connectivity index (χ4v) is 2.54. The first-order chi connectivity index (χ1) is 13.9. The van der Waals surface area contributed by atoms with E-state index in [4.69, 9.17) is 5.73 Å². The number of aromatic nitrogens is 2. The summed E-state index contributed by atoms with van der Waals surface area (Å²) in [5.41, 5.74) is 9.34. The molecule has 2 amide bonds. The van der Waals surface area contributed by atoms with Gasteiger partial charge in [0.2, 0.25) is 11.9 Å². The van der Waals surface area contributed by atoms with Crippen LogP contribution in [-0.4, -0.2) is 21.8 Å². The SMILES string of the molecule is C=CC(=O)Nc1cccc(Nc2ncc(NC(=O)c3cc(N)ccc3C)cn2)c1. The van der Waals surface area contributed by atoms with Crippen LogP contribution in [0.5, 0.6) is 0 Å². The monoisotopic (exact) mass is 388 g/mol. The van der Waals surface area contributed by atoms with E-state index in [0.29, 0.717) is 34.3 Å². The second-order valence-electron chi connectivity index (χ2n) is 6.22. The molecule has 0 aliphatic carbocycles. The molecule has 3 rings (SSSR count). The zero-order valence-corrected chi connectivity index (χ0v) is 15.8. The molecule has 8 nitrogen and oxygen atoms in total. The van der Waals surface area contributed by atoms with Gasteiger partial charge >= 0.3 is 0 Å². The average molecular weight is 388 g/mol. The number of nitrogens with one attached hydrogen (secondary N) is 3. The van der Waals surface area contributed by atoms with Gasteiger partial charge in [0.15, 0.2) is 0 Å². The molecule has 0 fully saturated rings. The third-order valence-electron chi connectivity index (χ3n) is 3.99. The van der Waals surface area contributed by atoms with Crippen molar-refractivity contribution in [1.82, 2.24) is 9.97 Å². The number of nitrogens with zero attached hydrogens (tertiary/aromatic N) is 2. The standard InChI is InChI=1S/C21H20N6O2/c1-3-19(28)25-15-5-4-6-16(10-15)27-21-23-11-17(12-24-21)26-20(29)18-9-14(22)8-7-13(18)2/h3-12H,1,22H2,2H3,(H,25,28)(H,26,29)(H,23,24,27). The third kappa shape index (κ3) is 5.16. The van der Waals surface area contributed by atoms with Crippen LogP contribution in [0.15, 0.2) is 67.5 Å². The van der Waals surface area contributed by atoms with Gasteiger partial charge < -0.3 is 21.7 Å². The lowest BCUT2D eigenvalue weighted by Gasteiger charge is -2.10. The lowest BCUT2D eigenvalue weighted by atomic mass is 10.1. The molecular weight excluding hydrogens is 368 g/mol. The summed E-state index contributed by atoms with van der Waals surface area (Å²) in [6.07, 6.45) is 4.19. The Bertz CT molecular complexity index is 1060. The van der Waals surface area contributed by atoms with Crippen molar-refractivity contribution < 1.29 is 9.59 Å². The summed E-state index contributed by atoms with van der Waals surface area (Å²) >= 11 is 0. The molecule has 3 aromatic rings. The first-order valence-electron chi connectivity index (χ1n) is 8.74. The van der Waals surface area contributed by atoms with Crippen LogP contribution < -0.4 is 21.7 Å². The summed E-state index contributed by atoms with van der Waals surface area (Å²) in [5.74, 6) is -0.242. The summed E-state index contributed by atoms with van der Waals surface area (Å²) in [4.78, 5) is 32.2. The number of hydrogen-bond acceptors (Lipinski definition) is 6. The molecule has 0 saturated heterocycles. The highest BCUT2D eigenvalue weighted by atomic mass is 16.2. The van der Waals surface area contributed by atoms with Crippen LogP contribution in [0.2, 0.25) is 0 Å². The van der Waals surface area contributed by atoms with E-state index in [0.717, 1.165) is 5.56 Å². The van der Waals surface area contributed by atoms with Crippen LogP contribution in [0.4, 0.5) is 28.7 Å². The van der Waals surface area contributed by atoms with Crippen LogP contribution in [0, 0.1) is 6.92 Å². The van der Waals surface area contributed by atoms with Gasteiger partial charge in [0.25, 0.3) is 5.91 Å². The maximum atomic E-state index is 12.4. The lowest BCUT2D eigenvalue weighted by molar-refractivity contribution is -0.111. The first kappa shape index (κ1) is 19.6. The second-order valence-corrected chi connectivity index (χ2v) is 6.22. The van der Waals surface area contributed by atoms with Gasteiger partial charge in [-0.2, -0.15) is 0 Å². The number of carbonyl (C=O) groups is 2. The van der Waals surface area contributed by atoms with Gasteiger partial charge in [-0.15, -0.1) is 0 Å². The van der Waals surface area contributed by atoms with Crippen LogP contribution in [0.3, 0.4) is 0 Å². The summed E-state index contributed by atoms with van der Waals surface area (Å²) in [7, 11) is 0. The van der Waals surface area contributed by atoms with Gasteiger partial charge in [-0.1, -0.05) is 18.7 Å². The van der Waals surface area contributed by atoms with Crippen molar-refractivity contribution in [3.05, 3.63) is 78.6 Å². The third-order valence-corrected chi connectivity index (χ3v) is 3.99. The van der Waals surface area contributed by atoms with Crippen LogP contribution in [-0.2, 0) is 4.79 Å². The molecule has 0 atom stereocenters. The molecule has 1 heterocycles. The van der Waals surface area contributed by atoms with Gasteiger partial charge in [-0.3, -0.25) is 9.59 Å². The van der Waals surface area contributed by atoms with Gasteiger partial charge in [0.1, 0.15) is 0 Å². The normalized spacial score (nSPS) is 10.1. The minimum atomic E-state index is -0.297. The molecule has 8 heteroatoms. The molecule has 5 N–H and O–H groups in total. The van der Waals surface area contributed by atoms with Crippen LogP contribution >= 0.6 is 0 Å². The highest BCUT2D eigenvalue weighted by Gasteiger charge is 2.10. The average Bonchev–Trinajstić information content (AvgIpc) is 2.71. The van der Waals surface area contributed by atoms with E-state index in [1.54, 1.807) is 36.4 Å². The number of anilines is 5. The van der Waals surface area contributed by atoms with E-state index in [9.17, 15) is 9.59 Å². The maximum Gasteiger partial charge on any atom is 0.256 e. The molecule has 146 valence electrons. The van der Waals surface area contributed by atoms with E-state index in [2.05, 4.69) is 32.5 Å². The molecule has 1 aromatic heterocycles. The van der Waals surface area contributed by atoms with Crippen molar-refractivity contribution in [2.24, 2.45) is 0 Å². The largest absolute Gasteiger partial charge is 0.399 e. The number of benzene rings is 2. The molecule has 0 aliphatic heterocycles. The van der Waals surface area contributed by atoms with E-state index in [1.807, 2.05) is 13.0 Å². The number of aryl methyl sites for hydroxylation is 1. The molecule has 0 saturated carbocycles. The van der Waals surface area contributed by atoms with Crippen LogP contribution in [0.25, 0.3) is 0 Å². The molecule has 0 aliphatic rings. The quantitative estimate of drug-likeness (QED) is 0.379. The number of nitrogen functional groups attached to an aromatic ring is 1. The molecule has 0 spiro atoms. The fraction of sp³-hybridized carbons (Fsp3) is 0.0476. The minimum absolute atomic E-state index is 0.287. The van der Waals surface area contributed by atoms with Crippen molar-refractivity contribution in [1.29, 1.82) is 0 Å². The number of carbonyl (C=O) groups excluding carboxylic acids is 2. The van der Waals surface area contributed by atoms with Crippen molar-refractivity contribution in [3.8, 4) is 0 Å². The van der Waals surface area contributed by atoms with Crippen molar-refractivity contribution >= 4 is 40.5 Å². The van der Waals surface area contributed by atoms with Gasteiger partial charge in [0.05, 0.1) is 18.1 Å². The van der Waals surface area contributed by atoms with E-state index >= 15 is 0 Å². The second kappa shape index (κ2) is 8.66. The highest BCUT2D eigenvalue weighted by molar-refractivity contribution is 6.05. The van der Waals surface area contributed by atoms with Gasteiger partial charge in [-0.05, 0) is 48.9 Å². The van der Waals surface area contributed by atoms with Crippen molar-refractivity contribution in [2.75, 3.05) is 21.7 Å². The zero-order chi connectivity index (χ0) is 20.8. The van der Waals surface area contributed by atoms with E-state index in [1.165, 1.54) is 18.5 Å². The smallest absolute Gasteiger partial charge is 0.256 e. The van der Waals surface area contributed by atoms with Crippen molar-refractivity contribution in [2.45, 2.75) is 6.92 Å². The highest BCUT2D eigenvalue weighted by Crippen LogP contribution is 2.19. The molecule has 0 radical (unpaired) electrons. The predicted molar refractivity (Wildman–Crippen MR) is 114 cm³/mol. The Kier molecular flexibility index (Phi) is 5.84. The first-order valence-corrected chi connectivity index (χ1v) is 8.74.